The van der Waals surface area contributed by atoms with Crippen LogP contribution in [0.1, 0.15) is 42.8 Å². The summed E-state index contributed by atoms with van der Waals surface area (Å²) in [5.41, 5.74) is 5.34. The van der Waals surface area contributed by atoms with E-state index >= 15 is 0 Å². The number of ether oxygens (including phenoxy) is 1. The van der Waals surface area contributed by atoms with Gasteiger partial charge in [0.25, 0.3) is 5.91 Å². The van der Waals surface area contributed by atoms with Gasteiger partial charge in [-0.15, -0.1) is 0 Å². The van der Waals surface area contributed by atoms with Crippen LogP contribution in [0.25, 0.3) is 0 Å². The molecule has 0 radical (unpaired) electrons. The molecule has 1 aromatic carbocycles. The molecule has 1 aliphatic heterocycles. The van der Waals surface area contributed by atoms with E-state index in [1.165, 1.54) is 6.26 Å². The maximum atomic E-state index is 12.5. The highest BCUT2D eigenvalue weighted by Crippen LogP contribution is 2.26. The first kappa shape index (κ1) is 25.7. The third kappa shape index (κ3) is 7.29. The number of hydrogen-bond donors (Lipinski definition) is 3. The number of likely N-dealkylation sites (tertiary alicyclic amines) is 1. The largest absolute Gasteiger partial charge is 0.492 e. The fourth-order valence-electron chi connectivity index (χ4n) is 3.28. The number of nitrogens with zero attached hydrogens (tertiary/aromatic N) is 1. The molecular formula is C23H27BrN4O5S. The highest BCUT2D eigenvalue weighted by Gasteiger charge is 2.34. The molecule has 34 heavy (non-hydrogen) atoms. The molecule has 0 bridgehead atoms. The van der Waals surface area contributed by atoms with E-state index in [1.807, 2.05) is 0 Å². The van der Waals surface area contributed by atoms with E-state index in [0.717, 1.165) is 6.42 Å². The van der Waals surface area contributed by atoms with Crippen LogP contribution < -0.4 is 20.9 Å². The first-order valence-electron chi connectivity index (χ1n) is 10.9. The predicted molar refractivity (Wildman–Crippen MR) is 133 cm³/mol. The monoisotopic (exact) mass is 550 g/mol. The Kier molecular flexibility index (Phi) is 9.05. The van der Waals surface area contributed by atoms with E-state index in [9.17, 15) is 14.4 Å². The van der Waals surface area contributed by atoms with Crippen molar-refractivity contribution in [1.82, 2.24) is 21.1 Å². The van der Waals surface area contributed by atoms with E-state index in [1.54, 1.807) is 35.2 Å². The van der Waals surface area contributed by atoms with Crippen molar-refractivity contribution in [2.75, 3.05) is 13.2 Å². The Morgan fingerprint density at radius 2 is 2.09 bits per heavy atom. The minimum atomic E-state index is -0.535. The van der Waals surface area contributed by atoms with E-state index in [0.29, 0.717) is 40.6 Å². The summed E-state index contributed by atoms with van der Waals surface area (Å²) in [4.78, 5) is 38.7. The van der Waals surface area contributed by atoms with Gasteiger partial charge in [-0.1, -0.05) is 13.8 Å². The summed E-state index contributed by atoms with van der Waals surface area (Å²) in [7, 11) is 0. The lowest BCUT2D eigenvalue weighted by atomic mass is 10.1. The Hall–Kier alpha value is -2.92. The number of nitrogens with one attached hydrogen (secondary N) is 3. The molecule has 2 aromatic rings. The Labute approximate surface area is 211 Å². The molecule has 1 aliphatic rings. The summed E-state index contributed by atoms with van der Waals surface area (Å²) in [5, 5.41) is 2.44. The standard InChI is InChI=1S/C23H27BrN4O5S/c1-14(2)7-9-33-19-6-5-15(10-18(19)24)21(30)25-23(34)27-26-22(31)16-11-20(29)28(12-16)13-17-4-3-8-32-17/h3-6,8,10,14,16H,7,9,11-13H2,1-2H3,(H,26,31)(H2,25,27,30,34). The second-order valence-electron chi connectivity index (χ2n) is 8.33. The summed E-state index contributed by atoms with van der Waals surface area (Å²) < 4.78 is 11.6. The van der Waals surface area contributed by atoms with Crippen LogP contribution in [0.4, 0.5) is 0 Å². The number of thiocarbonyl (C=S) groups is 1. The fourth-order valence-corrected chi connectivity index (χ4v) is 3.92. The number of rotatable bonds is 8. The molecule has 1 aromatic heterocycles. The molecule has 11 heteroatoms. The molecule has 0 aliphatic carbocycles. The number of benzene rings is 1. The van der Waals surface area contributed by atoms with Gasteiger partial charge in [0.05, 0.1) is 29.8 Å². The molecule has 3 amide bonds. The molecule has 3 N–H and O–H groups in total. The number of amides is 3. The van der Waals surface area contributed by atoms with Crippen molar-refractivity contribution in [2.24, 2.45) is 11.8 Å². The van der Waals surface area contributed by atoms with Crippen molar-refractivity contribution in [2.45, 2.75) is 33.2 Å². The molecule has 0 saturated carbocycles. The summed E-state index contributed by atoms with van der Waals surface area (Å²) in [6, 6.07) is 8.50. The average molecular weight is 551 g/mol. The van der Waals surface area contributed by atoms with Crippen molar-refractivity contribution in [3.8, 4) is 5.75 Å². The van der Waals surface area contributed by atoms with Gasteiger partial charge in [0.2, 0.25) is 11.8 Å². The summed E-state index contributed by atoms with van der Waals surface area (Å²) in [6.07, 6.45) is 2.55. The minimum Gasteiger partial charge on any atom is -0.492 e. The van der Waals surface area contributed by atoms with E-state index in [2.05, 4.69) is 45.9 Å². The lowest BCUT2D eigenvalue weighted by Gasteiger charge is -2.16. The van der Waals surface area contributed by atoms with Crippen molar-refractivity contribution in [1.29, 1.82) is 0 Å². The predicted octanol–water partition coefficient (Wildman–Crippen LogP) is 3.15. The number of hydrogen-bond acceptors (Lipinski definition) is 6. The molecular weight excluding hydrogens is 524 g/mol. The van der Waals surface area contributed by atoms with Gasteiger partial charge >= 0.3 is 0 Å². The number of carbonyl (C=O) groups is 3. The lowest BCUT2D eigenvalue weighted by molar-refractivity contribution is -0.129. The zero-order valence-electron chi connectivity index (χ0n) is 18.9. The Morgan fingerprint density at radius 1 is 1.29 bits per heavy atom. The van der Waals surface area contributed by atoms with Gasteiger partial charge in [0.15, 0.2) is 5.11 Å². The number of hydrazine groups is 1. The number of halogens is 1. The summed E-state index contributed by atoms with van der Waals surface area (Å²) in [5.74, 6) is 0.338. The quantitative estimate of drug-likeness (QED) is 0.341. The summed E-state index contributed by atoms with van der Waals surface area (Å²) >= 11 is 8.52. The highest BCUT2D eigenvalue weighted by molar-refractivity contribution is 9.10. The topological polar surface area (TPSA) is 113 Å². The van der Waals surface area contributed by atoms with Gasteiger partial charge in [-0.3, -0.25) is 30.6 Å². The molecule has 2 heterocycles. The maximum absolute atomic E-state index is 12.5. The average Bonchev–Trinajstić information content (AvgIpc) is 3.43. The second kappa shape index (κ2) is 12.0. The Morgan fingerprint density at radius 3 is 2.76 bits per heavy atom. The molecule has 9 nitrogen and oxygen atoms in total. The SMILES string of the molecule is CC(C)CCOc1ccc(C(=O)NC(=S)NNC(=O)C2CC(=O)N(Cc3ccco3)C2)cc1Br. The smallest absolute Gasteiger partial charge is 0.257 e. The van der Waals surface area contributed by atoms with Gasteiger partial charge in [0, 0.05) is 18.5 Å². The van der Waals surface area contributed by atoms with Crippen LogP contribution in [0.15, 0.2) is 45.5 Å². The third-order valence-corrected chi connectivity index (χ3v) is 6.01. The molecule has 1 atom stereocenters. The molecule has 1 fully saturated rings. The maximum Gasteiger partial charge on any atom is 0.257 e. The van der Waals surface area contributed by atoms with Crippen molar-refractivity contribution < 1.29 is 23.5 Å². The highest BCUT2D eigenvalue weighted by atomic mass is 79.9. The van der Waals surface area contributed by atoms with Gasteiger partial charge in [0.1, 0.15) is 11.5 Å². The number of furan rings is 1. The van der Waals surface area contributed by atoms with Crippen molar-refractivity contribution in [3.05, 3.63) is 52.4 Å². The fraction of sp³-hybridized carbons (Fsp3) is 0.391. The minimum absolute atomic E-state index is 0.0662. The zero-order chi connectivity index (χ0) is 24.7. The van der Waals surface area contributed by atoms with E-state index in [-0.39, 0.29) is 24.0 Å². The molecule has 1 saturated heterocycles. The van der Waals surface area contributed by atoms with Crippen LogP contribution in [0.5, 0.6) is 5.75 Å². The Bertz CT molecular complexity index is 1040. The van der Waals surface area contributed by atoms with Gasteiger partial charge in [-0.05, 0) is 70.8 Å². The lowest BCUT2D eigenvalue weighted by Crippen LogP contribution is -2.50. The third-order valence-electron chi connectivity index (χ3n) is 5.19. The van der Waals surface area contributed by atoms with E-state index in [4.69, 9.17) is 21.4 Å². The van der Waals surface area contributed by atoms with E-state index < -0.39 is 17.7 Å². The van der Waals surface area contributed by atoms with Crippen molar-refractivity contribution in [3.63, 3.8) is 0 Å². The van der Waals surface area contributed by atoms with Crippen LogP contribution in [0, 0.1) is 11.8 Å². The molecule has 182 valence electrons. The van der Waals surface area contributed by atoms with Crippen LogP contribution in [-0.4, -0.2) is 40.9 Å². The van der Waals surface area contributed by atoms with Crippen molar-refractivity contribution >= 4 is 51.0 Å². The molecule has 1 unspecified atom stereocenters. The molecule has 3 rings (SSSR count). The van der Waals surface area contributed by atoms with Crippen LogP contribution in [-0.2, 0) is 16.1 Å². The first-order valence-corrected chi connectivity index (χ1v) is 12.1. The zero-order valence-corrected chi connectivity index (χ0v) is 21.3. The van der Waals surface area contributed by atoms with Gasteiger partial charge in [-0.2, -0.15) is 0 Å². The summed E-state index contributed by atoms with van der Waals surface area (Å²) in [6.45, 7) is 5.41. The molecule has 0 spiro atoms. The number of carbonyl (C=O) groups excluding carboxylic acids is 3. The van der Waals surface area contributed by atoms with Crippen LogP contribution in [0.3, 0.4) is 0 Å². The van der Waals surface area contributed by atoms with Gasteiger partial charge < -0.3 is 14.1 Å². The second-order valence-corrected chi connectivity index (χ2v) is 9.59. The van der Waals surface area contributed by atoms with Crippen LogP contribution in [0.2, 0.25) is 0 Å². The van der Waals surface area contributed by atoms with Crippen LogP contribution >= 0.6 is 28.1 Å². The first-order chi connectivity index (χ1) is 16.2. The van der Waals surface area contributed by atoms with Gasteiger partial charge in [-0.25, -0.2) is 0 Å². The Balaban J connectivity index is 1.43. The normalized spacial score (nSPS) is 15.4.